The highest BCUT2D eigenvalue weighted by Crippen LogP contribution is 2.51. The summed E-state index contributed by atoms with van der Waals surface area (Å²) >= 11 is 0. The second-order valence-corrected chi connectivity index (χ2v) is 2.92. The first-order valence-electron chi connectivity index (χ1n) is 3.54. The van der Waals surface area contributed by atoms with Crippen molar-refractivity contribution in [2.24, 2.45) is 0 Å². The zero-order valence-electron chi connectivity index (χ0n) is 7.36. The van der Waals surface area contributed by atoms with E-state index in [0.717, 1.165) is 0 Å². The third kappa shape index (κ3) is 3.12. The molecule has 0 aromatic carbocycles. The van der Waals surface area contributed by atoms with Crippen molar-refractivity contribution in [3.63, 3.8) is 0 Å². The van der Waals surface area contributed by atoms with E-state index in [9.17, 15) is 48.3 Å². The minimum Gasteiger partial charge on any atom is -0.199 e. The summed E-state index contributed by atoms with van der Waals surface area (Å²) in [5, 5.41) is 0. The van der Waals surface area contributed by atoms with Crippen LogP contribution in [0.25, 0.3) is 0 Å². The molecule has 0 fully saturated rings. The van der Waals surface area contributed by atoms with E-state index < -0.39 is 36.8 Å². The first-order valence-corrected chi connectivity index (χ1v) is 3.54. The molecule has 0 heterocycles. The summed E-state index contributed by atoms with van der Waals surface area (Å²) < 4.78 is 130. The number of rotatable bonds is 4. The molecule has 17 heavy (non-hydrogen) atoms. The van der Waals surface area contributed by atoms with Crippen LogP contribution in [-0.4, -0.2) is 23.9 Å². The molecule has 11 heteroatoms. The molecule has 0 aliphatic carbocycles. The van der Waals surface area contributed by atoms with Gasteiger partial charge in [-0.05, 0) is 0 Å². The van der Waals surface area contributed by atoms with E-state index in [0.29, 0.717) is 0 Å². The van der Waals surface area contributed by atoms with E-state index in [1.165, 1.54) is 0 Å². The fraction of sp³-hybridized carbons (Fsp3) is 0.833. The number of hydrogen-bond donors (Lipinski definition) is 0. The van der Waals surface area contributed by atoms with Gasteiger partial charge in [-0.25, -0.2) is 0 Å². The van der Waals surface area contributed by atoms with Gasteiger partial charge in [-0.1, -0.05) is 0 Å². The number of hydrogen-bond acceptors (Lipinski definition) is 0. The largest absolute Gasteiger partial charge is 0.453 e. The fourth-order valence-corrected chi connectivity index (χ4v) is 0.628. The zero-order chi connectivity index (χ0) is 14.3. The van der Waals surface area contributed by atoms with Crippen LogP contribution in [0.2, 0.25) is 0 Å². The van der Waals surface area contributed by atoms with Gasteiger partial charge < -0.3 is 0 Å². The van der Waals surface area contributed by atoms with Crippen molar-refractivity contribution in [2.45, 2.75) is 30.4 Å². The Morgan fingerprint density at radius 3 is 1.24 bits per heavy atom. The van der Waals surface area contributed by atoms with Crippen molar-refractivity contribution in [3.8, 4) is 0 Å². The Kier molecular flexibility index (Phi) is 3.97. The average molecular weight is 283 g/mol. The van der Waals surface area contributed by atoms with Gasteiger partial charge in [0.05, 0.1) is 6.42 Å². The lowest BCUT2D eigenvalue weighted by Gasteiger charge is -2.29. The maximum absolute atomic E-state index is 12.2. The topological polar surface area (TPSA) is 0 Å². The normalized spacial score (nSPS) is 15.5. The summed E-state index contributed by atoms with van der Waals surface area (Å²) in [6.45, 7) is 0. The lowest BCUT2D eigenvalue weighted by atomic mass is 10.0. The number of halogens is 11. The Labute approximate surface area is 86.4 Å². The van der Waals surface area contributed by atoms with Gasteiger partial charge in [0.15, 0.2) is 0 Å². The maximum Gasteiger partial charge on any atom is 0.453 e. The van der Waals surface area contributed by atoms with E-state index in [1.54, 1.807) is 0 Å². The van der Waals surface area contributed by atoms with Crippen molar-refractivity contribution < 1.29 is 48.3 Å². The van der Waals surface area contributed by atoms with Gasteiger partial charge in [-0.2, -0.15) is 48.3 Å². The molecule has 0 aromatic heterocycles. The van der Waals surface area contributed by atoms with Crippen LogP contribution >= 0.6 is 0 Å². The third-order valence-corrected chi connectivity index (χ3v) is 1.56. The third-order valence-electron chi connectivity index (χ3n) is 1.56. The SMILES string of the molecule is F[C](F)C(F)(F)C(F)(F)CC(F)(F)C(F)(F)F. The van der Waals surface area contributed by atoms with Crippen molar-refractivity contribution in [3.05, 3.63) is 6.43 Å². The highest BCUT2D eigenvalue weighted by Gasteiger charge is 2.71. The van der Waals surface area contributed by atoms with Gasteiger partial charge in [0.25, 0.3) is 0 Å². The highest BCUT2D eigenvalue weighted by atomic mass is 19.4. The molecule has 0 spiro atoms. The molecular weight excluding hydrogens is 281 g/mol. The number of alkyl halides is 9. The van der Waals surface area contributed by atoms with Crippen LogP contribution in [0, 0.1) is 6.43 Å². The van der Waals surface area contributed by atoms with E-state index in [4.69, 9.17) is 0 Å². The van der Waals surface area contributed by atoms with Crippen molar-refractivity contribution in [2.75, 3.05) is 0 Å². The van der Waals surface area contributed by atoms with Gasteiger partial charge in [0, 0.05) is 0 Å². The van der Waals surface area contributed by atoms with E-state index >= 15 is 0 Å². The molecule has 0 aliphatic heterocycles. The lowest BCUT2D eigenvalue weighted by molar-refractivity contribution is -0.323. The van der Waals surface area contributed by atoms with Crippen molar-refractivity contribution in [1.82, 2.24) is 0 Å². The van der Waals surface area contributed by atoms with Crippen LogP contribution in [-0.2, 0) is 0 Å². The molecule has 0 bridgehead atoms. The second kappa shape index (κ2) is 4.16. The van der Waals surface area contributed by atoms with Crippen molar-refractivity contribution >= 4 is 0 Å². The molecule has 0 saturated heterocycles. The van der Waals surface area contributed by atoms with Crippen LogP contribution in [0.4, 0.5) is 48.3 Å². The molecule has 0 aromatic rings. The van der Waals surface area contributed by atoms with Crippen LogP contribution in [0.1, 0.15) is 6.42 Å². The molecule has 0 rings (SSSR count). The Morgan fingerprint density at radius 1 is 0.647 bits per heavy atom. The Bertz CT molecular complexity index is 262. The van der Waals surface area contributed by atoms with E-state index in [1.807, 2.05) is 0 Å². The molecular formula is C6H2F11. The summed E-state index contributed by atoms with van der Waals surface area (Å²) in [4.78, 5) is 0. The Balaban J connectivity index is 5.14. The summed E-state index contributed by atoms with van der Waals surface area (Å²) in [6.07, 6.45) is -14.6. The predicted octanol–water partition coefficient (Wildman–Crippen LogP) is 4.27. The van der Waals surface area contributed by atoms with E-state index in [-0.39, 0.29) is 0 Å². The van der Waals surface area contributed by atoms with Gasteiger partial charge >= 0.3 is 30.4 Å². The predicted molar refractivity (Wildman–Crippen MR) is 31.0 cm³/mol. The summed E-state index contributed by atoms with van der Waals surface area (Å²) in [6, 6.07) is 0. The lowest BCUT2D eigenvalue weighted by Crippen LogP contribution is -2.50. The molecule has 0 aliphatic rings. The smallest absolute Gasteiger partial charge is 0.199 e. The monoisotopic (exact) mass is 283 g/mol. The van der Waals surface area contributed by atoms with Crippen LogP contribution in [0.5, 0.6) is 0 Å². The Morgan fingerprint density at radius 2 is 1.00 bits per heavy atom. The molecule has 0 saturated carbocycles. The maximum atomic E-state index is 12.2. The van der Waals surface area contributed by atoms with E-state index in [2.05, 4.69) is 0 Å². The second-order valence-electron chi connectivity index (χ2n) is 2.92. The molecule has 0 nitrogen and oxygen atoms in total. The van der Waals surface area contributed by atoms with Gasteiger partial charge in [0.2, 0.25) is 0 Å². The molecule has 1 radical (unpaired) electrons. The standard InChI is InChI=1S/C6H2F11/c7-2(8)5(13,14)3(9,10)1-4(11,12)6(15,16)17/h1H2. The summed E-state index contributed by atoms with van der Waals surface area (Å²) in [7, 11) is 0. The van der Waals surface area contributed by atoms with Gasteiger partial charge in [-0.15, -0.1) is 0 Å². The quantitative estimate of drug-likeness (QED) is 0.676. The summed E-state index contributed by atoms with van der Waals surface area (Å²) in [5.41, 5.74) is 0. The fourth-order valence-electron chi connectivity index (χ4n) is 0.628. The molecule has 0 amide bonds. The van der Waals surface area contributed by atoms with Crippen molar-refractivity contribution in [1.29, 1.82) is 0 Å². The minimum absolute atomic E-state index is 3.77. The molecule has 0 unspecified atom stereocenters. The highest BCUT2D eigenvalue weighted by molar-refractivity contribution is 4.99. The Hall–Kier alpha value is -0.770. The zero-order valence-corrected chi connectivity index (χ0v) is 7.36. The average Bonchev–Trinajstić information content (AvgIpc) is 1.98. The minimum atomic E-state index is -6.54. The van der Waals surface area contributed by atoms with Gasteiger partial charge in [-0.3, -0.25) is 0 Å². The first kappa shape index (κ1) is 16.2. The van der Waals surface area contributed by atoms with Crippen LogP contribution in [0.15, 0.2) is 0 Å². The molecule has 103 valence electrons. The van der Waals surface area contributed by atoms with Crippen LogP contribution < -0.4 is 0 Å². The van der Waals surface area contributed by atoms with Crippen LogP contribution in [0.3, 0.4) is 0 Å². The van der Waals surface area contributed by atoms with Gasteiger partial charge in [0.1, 0.15) is 0 Å². The molecule has 0 atom stereocenters. The molecule has 0 N–H and O–H groups in total. The first-order chi connectivity index (χ1) is 7.15. The summed E-state index contributed by atoms with van der Waals surface area (Å²) in [5.74, 6) is -18.8.